The van der Waals surface area contributed by atoms with Gasteiger partial charge in [-0.2, -0.15) is 0 Å². The van der Waals surface area contributed by atoms with Crippen LogP contribution in [0.2, 0.25) is 0 Å². The third-order valence-corrected chi connectivity index (χ3v) is 6.66. The van der Waals surface area contributed by atoms with Crippen LogP contribution in [-0.4, -0.2) is 12.8 Å². The van der Waals surface area contributed by atoms with Crippen molar-refractivity contribution >= 4 is 17.0 Å². The molecule has 2 nitrogen and oxygen atoms in total. The first-order valence-corrected chi connectivity index (χ1v) is 14.2. The summed E-state index contributed by atoms with van der Waals surface area (Å²) in [7, 11) is 1.78. The fourth-order valence-electron chi connectivity index (χ4n) is 4.02. The fraction of sp³-hybridized carbons (Fsp3) is 0.514. The molecular formula is C35H56N2. The summed E-state index contributed by atoms with van der Waals surface area (Å²) in [5.74, 6) is 1.69. The van der Waals surface area contributed by atoms with E-state index in [1.165, 1.54) is 54.4 Å². The van der Waals surface area contributed by atoms with Crippen molar-refractivity contribution in [2.24, 2.45) is 16.8 Å². The van der Waals surface area contributed by atoms with Gasteiger partial charge in [0, 0.05) is 24.0 Å². The molecule has 2 aromatic carbocycles. The molecule has 1 aliphatic rings. The second-order valence-corrected chi connectivity index (χ2v) is 10.6. The second-order valence-electron chi connectivity index (χ2n) is 10.6. The summed E-state index contributed by atoms with van der Waals surface area (Å²) >= 11 is 0. The number of aryl methyl sites for hydroxylation is 2. The monoisotopic (exact) mass is 504 g/mol. The summed E-state index contributed by atoms with van der Waals surface area (Å²) in [6.45, 7) is 26.9. The number of nitrogens with two attached hydrogens (primary N) is 1. The van der Waals surface area contributed by atoms with Gasteiger partial charge >= 0.3 is 0 Å². The highest BCUT2D eigenvalue weighted by Gasteiger charge is 2.14. The van der Waals surface area contributed by atoms with Gasteiger partial charge in [-0.1, -0.05) is 122 Å². The Bertz CT molecular complexity index is 989. The molecule has 2 aromatic rings. The second kappa shape index (κ2) is 18.6. The van der Waals surface area contributed by atoms with Crippen molar-refractivity contribution in [2.45, 2.75) is 101 Å². The molecule has 1 saturated carbocycles. The number of rotatable bonds is 5. The Hall–Kier alpha value is -2.61. The molecule has 3 rings (SSSR count). The molecule has 1 fully saturated rings. The standard InChI is InChI=1S/C21H26N2.C6H12.C5H10.C3H8/c1-7-17-12-13(2)8-9-20(17)18-10-11-19(21(22)15(18)4)14(3)16(5)23-6;1-6-4-2-3-5-6;1-4-5(2)3;1-3-2/h8-12H,3,7,22H2,1-2,4-6H3;6H,2-5H2,1H3;4-5H,1H2,2-3H3;3H2,1-2H3. The van der Waals surface area contributed by atoms with E-state index >= 15 is 0 Å². The fourth-order valence-corrected chi connectivity index (χ4v) is 4.02. The summed E-state index contributed by atoms with van der Waals surface area (Å²) < 4.78 is 0. The van der Waals surface area contributed by atoms with Gasteiger partial charge in [-0.05, 0) is 66.9 Å². The number of anilines is 1. The summed E-state index contributed by atoms with van der Waals surface area (Å²) in [5, 5.41) is 0. The molecule has 0 aliphatic heterocycles. The molecule has 0 radical (unpaired) electrons. The van der Waals surface area contributed by atoms with Crippen LogP contribution < -0.4 is 5.73 Å². The lowest BCUT2D eigenvalue weighted by molar-refractivity contribution is 0.612. The van der Waals surface area contributed by atoms with Crippen molar-refractivity contribution in [3.05, 3.63) is 71.8 Å². The van der Waals surface area contributed by atoms with Crippen molar-refractivity contribution in [1.82, 2.24) is 0 Å². The Morgan fingerprint density at radius 3 is 1.97 bits per heavy atom. The van der Waals surface area contributed by atoms with Crippen LogP contribution in [0.1, 0.15) is 103 Å². The van der Waals surface area contributed by atoms with Crippen molar-refractivity contribution < 1.29 is 0 Å². The number of hydrogen-bond donors (Lipinski definition) is 1. The van der Waals surface area contributed by atoms with Crippen molar-refractivity contribution in [3.8, 4) is 11.1 Å². The first-order valence-electron chi connectivity index (χ1n) is 14.2. The maximum Gasteiger partial charge on any atom is 0.0430 e. The number of nitrogen functional groups attached to an aromatic ring is 1. The zero-order chi connectivity index (χ0) is 28.5. The first kappa shape index (κ1) is 34.4. The molecule has 37 heavy (non-hydrogen) atoms. The molecule has 0 amide bonds. The quantitative estimate of drug-likeness (QED) is 0.245. The largest absolute Gasteiger partial charge is 0.398 e. The molecule has 2 N–H and O–H groups in total. The van der Waals surface area contributed by atoms with Crippen LogP contribution in [0.25, 0.3) is 16.7 Å². The maximum atomic E-state index is 6.42. The minimum absolute atomic E-state index is 0.648. The lowest BCUT2D eigenvalue weighted by Gasteiger charge is -2.17. The van der Waals surface area contributed by atoms with Gasteiger partial charge in [0.1, 0.15) is 0 Å². The van der Waals surface area contributed by atoms with Gasteiger partial charge in [0.05, 0.1) is 0 Å². The van der Waals surface area contributed by atoms with Crippen molar-refractivity contribution in [1.29, 1.82) is 0 Å². The van der Waals surface area contributed by atoms with Crippen molar-refractivity contribution in [2.75, 3.05) is 12.8 Å². The van der Waals surface area contributed by atoms with Crippen LogP contribution in [0.15, 0.2) is 54.6 Å². The predicted molar refractivity (Wildman–Crippen MR) is 172 cm³/mol. The van der Waals surface area contributed by atoms with Gasteiger partial charge in [-0.3, -0.25) is 4.99 Å². The van der Waals surface area contributed by atoms with E-state index in [2.05, 4.69) is 104 Å². The number of benzene rings is 2. The Balaban J connectivity index is 0.000000753. The molecule has 0 unspecified atom stereocenters. The Morgan fingerprint density at radius 2 is 1.57 bits per heavy atom. The average molecular weight is 505 g/mol. The number of aliphatic imine (C=N–C) groups is 1. The van der Waals surface area contributed by atoms with Crippen LogP contribution in [0.4, 0.5) is 5.69 Å². The van der Waals surface area contributed by atoms with Crippen LogP contribution in [0.5, 0.6) is 0 Å². The topological polar surface area (TPSA) is 38.4 Å². The van der Waals surface area contributed by atoms with Gasteiger partial charge < -0.3 is 5.73 Å². The van der Waals surface area contributed by atoms with E-state index in [4.69, 9.17) is 5.73 Å². The SMILES string of the molecule is C=C(C(C)=NC)c1ccc(-c2ccc(C)cc2CC)c(C)c1N.C=CC(C)C.CC1CCCC1.CCC. The third-order valence-electron chi connectivity index (χ3n) is 6.66. The van der Waals surface area contributed by atoms with E-state index in [-0.39, 0.29) is 0 Å². The molecule has 0 aromatic heterocycles. The Labute approximate surface area is 230 Å². The molecule has 206 valence electrons. The molecule has 0 saturated heterocycles. The van der Waals surface area contributed by atoms with E-state index in [1.807, 2.05) is 13.0 Å². The highest BCUT2D eigenvalue weighted by molar-refractivity contribution is 6.23. The molecule has 1 aliphatic carbocycles. The van der Waals surface area contributed by atoms with Gasteiger partial charge in [-0.25, -0.2) is 0 Å². The zero-order valence-electron chi connectivity index (χ0n) is 25.8. The van der Waals surface area contributed by atoms with Gasteiger partial charge in [0.2, 0.25) is 0 Å². The lowest BCUT2D eigenvalue weighted by Crippen LogP contribution is -2.03. The molecular weight excluding hydrogens is 448 g/mol. The summed E-state index contributed by atoms with van der Waals surface area (Å²) in [5.41, 5.74) is 16.2. The molecule has 2 heteroatoms. The minimum Gasteiger partial charge on any atom is -0.398 e. The average Bonchev–Trinajstić information content (AvgIpc) is 3.37. The molecule has 0 bridgehead atoms. The predicted octanol–water partition coefficient (Wildman–Crippen LogP) is 10.7. The van der Waals surface area contributed by atoms with Crippen LogP contribution in [0.3, 0.4) is 0 Å². The zero-order valence-corrected chi connectivity index (χ0v) is 25.8. The Kier molecular flexibility index (Phi) is 17.3. The third kappa shape index (κ3) is 12.0. The Morgan fingerprint density at radius 1 is 1.05 bits per heavy atom. The van der Waals surface area contributed by atoms with Gasteiger partial charge in [0.15, 0.2) is 0 Å². The number of nitrogens with zero attached hydrogens (tertiary/aromatic N) is 1. The maximum absolute atomic E-state index is 6.42. The van der Waals surface area contributed by atoms with E-state index in [1.54, 1.807) is 7.05 Å². The van der Waals surface area contributed by atoms with Gasteiger partial charge in [-0.15, -0.1) is 6.58 Å². The summed E-state index contributed by atoms with van der Waals surface area (Å²) in [6.07, 6.45) is 10.1. The van der Waals surface area contributed by atoms with E-state index in [0.29, 0.717) is 5.92 Å². The van der Waals surface area contributed by atoms with Crippen LogP contribution in [0, 0.1) is 25.7 Å². The molecule has 0 heterocycles. The molecule has 0 spiro atoms. The van der Waals surface area contributed by atoms with Crippen LogP contribution >= 0.6 is 0 Å². The summed E-state index contributed by atoms with van der Waals surface area (Å²) in [6, 6.07) is 10.8. The van der Waals surface area contributed by atoms with E-state index in [9.17, 15) is 0 Å². The highest BCUT2D eigenvalue weighted by atomic mass is 14.7. The van der Waals surface area contributed by atoms with E-state index < -0.39 is 0 Å². The number of allylic oxidation sites excluding steroid dienone is 2. The number of hydrogen-bond acceptors (Lipinski definition) is 2. The smallest absolute Gasteiger partial charge is 0.0430 e. The summed E-state index contributed by atoms with van der Waals surface area (Å²) in [4.78, 5) is 4.21. The minimum atomic E-state index is 0.648. The lowest BCUT2D eigenvalue weighted by atomic mass is 9.89. The molecule has 0 atom stereocenters. The normalized spacial score (nSPS) is 13.0. The van der Waals surface area contributed by atoms with Crippen molar-refractivity contribution in [3.63, 3.8) is 0 Å². The highest BCUT2D eigenvalue weighted by Crippen LogP contribution is 2.35. The van der Waals surface area contributed by atoms with E-state index in [0.717, 1.165) is 40.4 Å². The van der Waals surface area contributed by atoms with Crippen LogP contribution in [-0.2, 0) is 6.42 Å². The van der Waals surface area contributed by atoms with Gasteiger partial charge in [0.25, 0.3) is 0 Å². The first-order chi connectivity index (χ1) is 17.5.